The van der Waals surface area contributed by atoms with E-state index in [9.17, 15) is 15.0 Å². The maximum Gasteiger partial charge on any atom is 0.321 e. The molecule has 0 aliphatic rings. The molecule has 0 saturated carbocycles. The van der Waals surface area contributed by atoms with Gasteiger partial charge in [-0.3, -0.25) is 4.79 Å². The number of hydrogen-bond acceptors (Lipinski definition) is 5. The molecular weight excluding hydrogens is 286 g/mol. The number of H-pyrrole nitrogens is 1. The fourth-order valence-corrected chi connectivity index (χ4v) is 1.91. The van der Waals surface area contributed by atoms with Crippen molar-refractivity contribution in [1.29, 1.82) is 0 Å². The Morgan fingerprint density at radius 3 is 2.77 bits per heavy atom. The van der Waals surface area contributed by atoms with Crippen LogP contribution in [0.5, 0.6) is 5.75 Å². The van der Waals surface area contributed by atoms with Crippen molar-refractivity contribution in [3.05, 3.63) is 48.5 Å². The van der Waals surface area contributed by atoms with Crippen LogP contribution in [0, 0.1) is 0 Å². The van der Waals surface area contributed by atoms with Gasteiger partial charge in [0.15, 0.2) is 0 Å². The summed E-state index contributed by atoms with van der Waals surface area (Å²) in [4.78, 5) is 17.9. The molecule has 0 spiro atoms. The van der Waals surface area contributed by atoms with E-state index in [2.05, 4.69) is 15.3 Å². The van der Waals surface area contributed by atoms with Crippen molar-refractivity contribution in [3.8, 4) is 5.75 Å². The number of hydrogen-bond donors (Lipinski definition) is 4. The van der Waals surface area contributed by atoms with Crippen molar-refractivity contribution in [2.75, 3.05) is 13.2 Å². The van der Waals surface area contributed by atoms with Gasteiger partial charge in [0.1, 0.15) is 24.5 Å². The molecule has 1 heterocycles. The summed E-state index contributed by atoms with van der Waals surface area (Å²) in [5.41, 5.74) is 0.718. The number of para-hydroxylation sites is 1. The molecule has 1 aromatic heterocycles. The predicted molar refractivity (Wildman–Crippen MR) is 79.7 cm³/mol. The number of carbonyl (C=O) groups is 1. The maximum atomic E-state index is 11.2. The van der Waals surface area contributed by atoms with Crippen LogP contribution < -0.4 is 10.1 Å². The van der Waals surface area contributed by atoms with Crippen LogP contribution in [0.1, 0.15) is 5.69 Å². The number of aromatic amines is 1. The van der Waals surface area contributed by atoms with Crippen molar-refractivity contribution < 1.29 is 19.7 Å². The second-order valence-corrected chi connectivity index (χ2v) is 4.86. The topological polar surface area (TPSA) is 107 Å². The molecule has 7 heteroatoms. The number of benzene rings is 1. The maximum absolute atomic E-state index is 11.2. The molecule has 2 rings (SSSR count). The number of aliphatic hydroxyl groups is 1. The fourth-order valence-electron chi connectivity index (χ4n) is 1.91. The quantitative estimate of drug-likeness (QED) is 0.535. The first kappa shape index (κ1) is 16.0. The Balaban J connectivity index is 1.75. The zero-order valence-electron chi connectivity index (χ0n) is 12.0. The summed E-state index contributed by atoms with van der Waals surface area (Å²) in [5.74, 6) is -0.320. The van der Waals surface area contributed by atoms with Crippen LogP contribution >= 0.6 is 0 Å². The zero-order valence-corrected chi connectivity index (χ0v) is 12.0. The predicted octanol–water partition coefficient (Wildman–Crippen LogP) is 0.435. The van der Waals surface area contributed by atoms with Gasteiger partial charge >= 0.3 is 5.97 Å². The second-order valence-electron chi connectivity index (χ2n) is 4.86. The number of carboxylic acid groups (broad SMARTS) is 1. The number of imidazole rings is 1. The summed E-state index contributed by atoms with van der Waals surface area (Å²) in [7, 11) is 0. The smallest absolute Gasteiger partial charge is 0.321 e. The molecular formula is C15H19N3O4. The molecule has 2 atom stereocenters. The van der Waals surface area contributed by atoms with Gasteiger partial charge in [-0.05, 0) is 12.1 Å². The van der Waals surface area contributed by atoms with E-state index in [0.29, 0.717) is 5.75 Å². The monoisotopic (exact) mass is 305 g/mol. The van der Waals surface area contributed by atoms with Gasteiger partial charge < -0.3 is 25.3 Å². The molecule has 0 saturated heterocycles. The number of nitrogens with zero attached hydrogens (tertiary/aromatic N) is 1. The Morgan fingerprint density at radius 2 is 2.14 bits per heavy atom. The van der Waals surface area contributed by atoms with E-state index in [1.165, 1.54) is 6.33 Å². The summed E-state index contributed by atoms with van der Waals surface area (Å²) < 4.78 is 5.41. The van der Waals surface area contributed by atoms with Crippen molar-refractivity contribution in [1.82, 2.24) is 15.3 Å². The summed E-state index contributed by atoms with van der Waals surface area (Å²) in [6.45, 7) is 0.214. The van der Waals surface area contributed by atoms with E-state index in [4.69, 9.17) is 4.74 Å². The number of carboxylic acids is 1. The average molecular weight is 305 g/mol. The molecule has 4 N–H and O–H groups in total. The number of nitrogens with one attached hydrogen (secondary N) is 2. The van der Waals surface area contributed by atoms with E-state index in [1.807, 2.05) is 18.2 Å². The van der Waals surface area contributed by atoms with Crippen LogP contribution in [0.25, 0.3) is 0 Å². The highest BCUT2D eigenvalue weighted by molar-refractivity contribution is 5.73. The van der Waals surface area contributed by atoms with E-state index < -0.39 is 18.1 Å². The number of aliphatic hydroxyl groups excluding tert-OH is 1. The van der Waals surface area contributed by atoms with Crippen LogP contribution in [0.15, 0.2) is 42.9 Å². The molecule has 0 amide bonds. The van der Waals surface area contributed by atoms with Gasteiger partial charge in [0.05, 0.1) is 6.33 Å². The second kappa shape index (κ2) is 8.16. The number of rotatable bonds is 9. The minimum absolute atomic E-state index is 0.0907. The molecule has 2 aromatic rings. The van der Waals surface area contributed by atoms with Gasteiger partial charge in [-0.15, -0.1) is 0 Å². The highest BCUT2D eigenvalue weighted by atomic mass is 16.5. The van der Waals surface area contributed by atoms with E-state index in [0.717, 1.165) is 5.69 Å². The van der Waals surface area contributed by atoms with E-state index in [-0.39, 0.29) is 19.6 Å². The Morgan fingerprint density at radius 1 is 1.36 bits per heavy atom. The first-order valence-corrected chi connectivity index (χ1v) is 6.94. The molecule has 22 heavy (non-hydrogen) atoms. The lowest BCUT2D eigenvalue weighted by molar-refractivity contribution is -0.139. The Hall–Kier alpha value is -2.38. The first-order chi connectivity index (χ1) is 10.6. The normalized spacial score (nSPS) is 13.5. The van der Waals surface area contributed by atoms with Gasteiger partial charge in [-0.25, -0.2) is 4.98 Å². The lowest BCUT2D eigenvalue weighted by Crippen LogP contribution is -2.43. The van der Waals surface area contributed by atoms with Gasteiger partial charge in [0, 0.05) is 24.9 Å². The summed E-state index contributed by atoms with van der Waals surface area (Å²) in [5, 5.41) is 21.9. The van der Waals surface area contributed by atoms with Crippen LogP contribution in [0.4, 0.5) is 0 Å². The Labute approximate surface area is 128 Å². The van der Waals surface area contributed by atoms with Crippen molar-refractivity contribution >= 4 is 5.97 Å². The third kappa shape index (κ3) is 5.19. The molecule has 0 radical (unpaired) electrons. The lowest BCUT2D eigenvalue weighted by Gasteiger charge is -2.17. The average Bonchev–Trinajstić information content (AvgIpc) is 3.03. The number of aromatic nitrogens is 2. The SMILES string of the molecule is O=C(O)[C@H](Cc1cnc[nH]1)NC[C@H](O)COc1ccccc1. The third-order valence-corrected chi connectivity index (χ3v) is 3.06. The molecule has 0 bridgehead atoms. The largest absolute Gasteiger partial charge is 0.491 e. The zero-order chi connectivity index (χ0) is 15.8. The van der Waals surface area contributed by atoms with Crippen LogP contribution in [-0.2, 0) is 11.2 Å². The third-order valence-electron chi connectivity index (χ3n) is 3.06. The first-order valence-electron chi connectivity index (χ1n) is 6.94. The molecule has 1 aromatic carbocycles. The van der Waals surface area contributed by atoms with Gasteiger partial charge in [-0.2, -0.15) is 0 Å². The standard InChI is InChI=1S/C15H19N3O4/c19-12(9-22-13-4-2-1-3-5-13)8-17-14(15(20)21)6-11-7-16-10-18-11/h1-5,7,10,12,14,17,19H,6,8-9H2,(H,16,18)(H,20,21)/t12-,14-/m0/s1. The van der Waals surface area contributed by atoms with E-state index in [1.54, 1.807) is 18.3 Å². The fraction of sp³-hybridized carbons (Fsp3) is 0.333. The van der Waals surface area contributed by atoms with Crippen LogP contribution in [-0.4, -0.2) is 51.4 Å². The highest BCUT2D eigenvalue weighted by Crippen LogP contribution is 2.08. The minimum Gasteiger partial charge on any atom is -0.491 e. The van der Waals surface area contributed by atoms with Gasteiger partial charge in [-0.1, -0.05) is 18.2 Å². The molecule has 0 fully saturated rings. The summed E-state index contributed by atoms with van der Waals surface area (Å²) >= 11 is 0. The minimum atomic E-state index is -0.981. The summed E-state index contributed by atoms with van der Waals surface area (Å²) in [6, 6.07) is 8.33. The van der Waals surface area contributed by atoms with Crippen molar-refractivity contribution in [3.63, 3.8) is 0 Å². The van der Waals surface area contributed by atoms with Crippen LogP contribution in [0.3, 0.4) is 0 Å². The molecule has 0 aliphatic carbocycles. The van der Waals surface area contributed by atoms with Crippen LogP contribution in [0.2, 0.25) is 0 Å². The number of ether oxygens (including phenoxy) is 1. The van der Waals surface area contributed by atoms with Gasteiger partial charge in [0.25, 0.3) is 0 Å². The Bertz CT molecular complexity index is 559. The molecule has 0 unspecified atom stereocenters. The lowest BCUT2D eigenvalue weighted by atomic mass is 10.1. The van der Waals surface area contributed by atoms with Gasteiger partial charge in [0.2, 0.25) is 0 Å². The highest BCUT2D eigenvalue weighted by Gasteiger charge is 2.19. The number of aliphatic carboxylic acids is 1. The molecule has 0 aliphatic heterocycles. The Kier molecular flexibility index (Phi) is 5.93. The van der Waals surface area contributed by atoms with Crippen molar-refractivity contribution in [2.24, 2.45) is 0 Å². The summed E-state index contributed by atoms with van der Waals surface area (Å²) in [6.07, 6.45) is 2.54. The molecule has 118 valence electrons. The van der Waals surface area contributed by atoms with E-state index >= 15 is 0 Å². The molecule has 7 nitrogen and oxygen atoms in total. The van der Waals surface area contributed by atoms with Crippen molar-refractivity contribution in [2.45, 2.75) is 18.6 Å².